The van der Waals surface area contributed by atoms with Crippen molar-refractivity contribution in [2.45, 2.75) is 71.6 Å². The van der Waals surface area contributed by atoms with Crippen LogP contribution in [-0.2, 0) is 0 Å². The van der Waals surface area contributed by atoms with Crippen LogP contribution in [0.4, 0.5) is 0 Å². The van der Waals surface area contributed by atoms with Gasteiger partial charge in [0.05, 0.1) is 0 Å². The first kappa shape index (κ1) is 18.8. The second kappa shape index (κ2) is 7.12. The van der Waals surface area contributed by atoms with Crippen molar-refractivity contribution < 1.29 is 0 Å². The quantitative estimate of drug-likeness (QED) is 0.492. The van der Waals surface area contributed by atoms with E-state index in [1.54, 1.807) is 11.1 Å². The third-order valence-corrected chi connectivity index (χ3v) is 8.72. The molecule has 6 unspecified atom stereocenters. The summed E-state index contributed by atoms with van der Waals surface area (Å²) in [6, 6.07) is 22.8. The first-order chi connectivity index (χ1) is 13.0. The van der Waals surface area contributed by atoms with Gasteiger partial charge in [-0.3, -0.25) is 0 Å². The molecule has 0 heterocycles. The molecule has 0 amide bonds. The minimum absolute atomic E-state index is 0.364. The molecule has 0 heteroatoms. The molecule has 2 aliphatic carbocycles. The largest absolute Gasteiger partial charge is 0.0648 e. The van der Waals surface area contributed by atoms with Gasteiger partial charge in [-0.2, -0.15) is 0 Å². The molecule has 6 atom stereocenters. The van der Waals surface area contributed by atoms with E-state index in [0.29, 0.717) is 22.7 Å². The molecule has 2 saturated carbocycles. The summed E-state index contributed by atoms with van der Waals surface area (Å²) in [6.07, 6.45) is 6.78. The van der Waals surface area contributed by atoms with Crippen molar-refractivity contribution in [3.8, 4) is 0 Å². The normalized spacial score (nSPS) is 34.5. The molecule has 0 aliphatic heterocycles. The van der Waals surface area contributed by atoms with Crippen molar-refractivity contribution in [1.82, 2.24) is 0 Å². The SMILES string of the molecule is CCC(c1ccccc1)C1C2CCC(C)(C2)C1(C)C(CC)c1ccccc1. The lowest BCUT2D eigenvalue weighted by Crippen LogP contribution is -2.46. The van der Waals surface area contributed by atoms with Gasteiger partial charge in [0.2, 0.25) is 0 Å². The molecule has 144 valence electrons. The number of hydrogen-bond acceptors (Lipinski definition) is 0. The lowest BCUT2D eigenvalue weighted by molar-refractivity contribution is -0.0132. The number of hydrogen-bond donors (Lipinski definition) is 0. The van der Waals surface area contributed by atoms with Crippen molar-refractivity contribution in [2.24, 2.45) is 22.7 Å². The lowest BCUT2D eigenvalue weighted by atomic mass is 9.49. The standard InChI is InChI=1S/C27H36/c1-5-23(20-13-9-7-10-14-20)25-22-17-18-26(3,19-22)27(25,4)24(6-2)21-15-11-8-12-16-21/h7-16,22-25H,5-6,17-19H2,1-4H3. The fraction of sp³-hybridized carbons (Fsp3) is 0.556. The molecule has 2 fully saturated rings. The Morgan fingerprint density at radius 3 is 2.00 bits per heavy atom. The summed E-state index contributed by atoms with van der Waals surface area (Å²) >= 11 is 0. The minimum Gasteiger partial charge on any atom is -0.0648 e. The number of rotatable bonds is 6. The summed E-state index contributed by atoms with van der Waals surface area (Å²) < 4.78 is 0. The van der Waals surface area contributed by atoms with Gasteiger partial charge in [-0.05, 0) is 77.7 Å². The zero-order valence-electron chi connectivity index (χ0n) is 17.6. The fourth-order valence-electron chi connectivity index (χ4n) is 7.46. The summed E-state index contributed by atoms with van der Waals surface area (Å²) in [6.45, 7) is 10.1. The summed E-state index contributed by atoms with van der Waals surface area (Å²) in [5.41, 5.74) is 3.96. The molecule has 0 radical (unpaired) electrons. The maximum absolute atomic E-state index is 2.67. The molecule has 0 N–H and O–H groups in total. The number of benzene rings is 2. The van der Waals surface area contributed by atoms with Crippen molar-refractivity contribution in [3.05, 3.63) is 71.8 Å². The second-order valence-electron chi connectivity index (χ2n) is 9.67. The van der Waals surface area contributed by atoms with Crippen LogP contribution >= 0.6 is 0 Å². The van der Waals surface area contributed by atoms with Gasteiger partial charge < -0.3 is 0 Å². The molecule has 27 heavy (non-hydrogen) atoms. The highest BCUT2D eigenvalue weighted by Crippen LogP contribution is 2.74. The van der Waals surface area contributed by atoms with Crippen LogP contribution in [0.1, 0.15) is 82.8 Å². The highest BCUT2D eigenvalue weighted by molar-refractivity contribution is 5.30. The Bertz CT molecular complexity index is 748. The third-order valence-electron chi connectivity index (χ3n) is 8.72. The molecule has 0 spiro atoms. The van der Waals surface area contributed by atoms with Crippen LogP contribution in [0.3, 0.4) is 0 Å². The van der Waals surface area contributed by atoms with Gasteiger partial charge in [0.15, 0.2) is 0 Å². The Balaban J connectivity index is 1.82. The highest BCUT2D eigenvalue weighted by Gasteiger charge is 2.65. The van der Waals surface area contributed by atoms with E-state index < -0.39 is 0 Å². The first-order valence-electron chi connectivity index (χ1n) is 11.1. The molecule has 2 aliphatic rings. The van der Waals surface area contributed by atoms with E-state index in [4.69, 9.17) is 0 Å². The maximum Gasteiger partial charge on any atom is -0.0102 e. The van der Waals surface area contributed by atoms with E-state index in [9.17, 15) is 0 Å². The molecular formula is C27H36. The zero-order chi connectivity index (χ0) is 19.1. The molecule has 2 bridgehead atoms. The molecule has 2 aromatic rings. The van der Waals surface area contributed by atoms with Crippen LogP contribution in [0.15, 0.2) is 60.7 Å². The molecule has 2 aromatic carbocycles. The molecule has 0 aromatic heterocycles. The van der Waals surface area contributed by atoms with Crippen LogP contribution in [0.2, 0.25) is 0 Å². The predicted octanol–water partition coefficient (Wildman–Crippen LogP) is 7.82. The molecule has 4 rings (SSSR count). The zero-order valence-corrected chi connectivity index (χ0v) is 17.6. The van der Waals surface area contributed by atoms with E-state index in [1.165, 1.54) is 32.1 Å². The Kier molecular flexibility index (Phi) is 4.95. The summed E-state index contributed by atoms with van der Waals surface area (Å²) in [5, 5.41) is 0. The Labute approximate surface area is 166 Å². The van der Waals surface area contributed by atoms with Gasteiger partial charge in [-0.1, -0.05) is 88.4 Å². The van der Waals surface area contributed by atoms with Crippen molar-refractivity contribution in [3.63, 3.8) is 0 Å². The van der Waals surface area contributed by atoms with Crippen LogP contribution < -0.4 is 0 Å². The summed E-state index contributed by atoms with van der Waals surface area (Å²) in [7, 11) is 0. The second-order valence-corrected chi connectivity index (χ2v) is 9.67. The van der Waals surface area contributed by atoms with Crippen LogP contribution in [0, 0.1) is 22.7 Å². The molecule has 0 saturated heterocycles. The van der Waals surface area contributed by atoms with Crippen molar-refractivity contribution in [1.29, 1.82) is 0 Å². The van der Waals surface area contributed by atoms with E-state index in [1.807, 2.05) is 0 Å². The minimum atomic E-state index is 0.364. The monoisotopic (exact) mass is 360 g/mol. The molecular weight excluding hydrogens is 324 g/mol. The lowest BCUT2D eigenvalue weighted by Gasteiger charge is -2.54. The Hall–Kier alpha value is -1.56. The topological polar surface area (TPSA) is 0 Å². The average Bonchev–Trinajstić information content (AvgIpc) is 3.19. The fourth-order valence-corrected chi connectivity index (χ4v) is 7.46. The van der Waals surface area contributed by atoms with Gasteiger partial charge in [-0.25, -0.2) is 0 Å². The van der Waals surface area contributed by atoms with E-state index in [2.05, 4.69) is 88.4 Å². The van der Waals surface area contributed by atoms with Crippen molar-refractivity contribution >= 4 is 0 Å². The van der Waals surface area contributed by atoms with Gasteiger partial charge in [-0.15, -0.1) is 0 Å². The van der Waals surface area contributed by atoms with E-state index in [-0.39, 0.29) is 0 Å². The smallest absolute Gasteiger partial charge is 0.0102 e. The maximum atomic E-state index is 2.67. The van der Waals surface area contributed by atoms with E-state index >= 15 is 0 Å². The first-order valence-corrected chi connectivity index (χ1v) is 11.1. The Morgan fingerprint density at radius 1 is 0.852 bits per heavy atom. The van der Waals surface area contributed by atoms with Gasteiger partial charge in [0, 0.05) is 0 Å². The predicted molar refractivity (Wildman–Crippen MR) is 116 cm³/mol. The summed E-state index contributed by atoms with van der Waals surface area (Å²) in [4.78, 5) is 0. The van der Waals surface area contributed by atoms with Crippen LogP contribution in [0.5, 0.6) is 0 Å². The third kappa shape index (κ3) is 2.79. The van der Waals surface area contributed by atoms with Gasteiger partial charge >= 0.3 is 0 Å². The van der Waals surface area contributed by atoms with Crippen molar-refractivity contribution in [2.75, 3.05) is 0 Å². The Morgan fingerprint density at radius 2 is 1.44 bits per heavy atom. The average molecular weight is 361 g/mol. The van der Waals surface area contributed by atoms with Gasteiger partial charge in [0.1, 0.15) is 0 Å². The van der Waals surface area contributed by atoms with Crippen LogP contribution in [0.25, 0.3) is 0 Å². The molecule has 0 nitrogen and oxygen atoms in total. The van der Waals surface area contributed by atoms with E-state index in [0.717, 1.165) is 11.8 Å². The van der Waals surface area contributed by atoms with Crippen LogP contribution in [-0.4, -0.2) is 0 Å². The van der Waals surface area contributed by atoms with Gasteiger partial charge in [0.25, 0.3) is 0 Å². The highest BCUT2D eigenvalue weighted by atomic mass is 14.7. The number of fused-ring (bicyclic) bond motifs is 2. The summed E-state index contributed by atoms with van der Waals surface area (Å²) in [5.74, 6) is 3.01.